The van der Waals surface area contributed by atoms with Crippen molar-refractivity contribution < 1.29 is 4.79 Å². The van der Waals surface area contributed by atoms with E-state index in [2.05, 4.69) is 41.7 Å². The van der Waals surface area contributed by atoms with E-state index >= 15 is 0 Å². The third-order valence-corrected chi connectivity index (χ3v) is 3.54. The highest BCUT2D eigenvalue weighted by Gasteiger charge is 1.97. The van der Waals surface area contributed by atoms with E-state index in [0.717, 1.165) is 10.5 Å². The Bertz CT molecular complexity index is 606. The van der Waals surface area contributed by atoms with Crippen molar-refractivity contribution in [2.24, 2.45) is 10.8 Å². The van der Waals surface area contributed by atoms with E-state index in [1.165, 1.54) is 10.5 Å². The lowest BCUT2D eigenvalue weighted by Crippen LogP contribution is -2.24. The Labute approximate surface area is 122 Å². The number of carbonyl (C=O) groups excluding carboxylic acids is 1. The molecule has 2 rings (SSSR count). The fourth-order valence-corrected chi connectivity index (χ4v) is 2.35. The molecule has 2 amide bonds. The van der Waals surface area contributed by atoms with Crippen molar-refractivity contribution in [3.63, 3.8) is 0 Å². The molecule has 0 unspecified atom stereocenters. The predicted octanol–water partition coefficient (Wildman–Crippen LogP) is 3.15. The molecule has 0 fully saturated rings. The number of nitrogens with one attached hydrogen (secondary N) is 1. The van der Waals surface area contributed by atoms with Gasteiger partial charge in [0.15, 0.2) is 0 Å². The average molecular weight is 285 g/mol. The van der Waals surface area contributed by atoms with Crippen LogP contribution in [0, 0.1) is 6.92 Å². The third kappa shape index (κ3) is 4.44. The molecule has 0 saturated heterocycles. The average Bonchev–Trinajstić information content (AvgIpc) is 2.43. The van der Waals surface area contributed by atoms with Gasteiger partial charge in [-0.05, 0) is 36.8 Å². The number of hydrogen-bond acceptors (Lipinski definition) is 3. The zero-order chi connectivity index (χ0) is 14.4. The molecule has 0 aliphatic heterocycles. The first-order valence-corrected chi connectivity index (χ1v) is 6.88. The molecule has 102 valence electrons. The summed E-state index contributed by atoms with van der Waals surface area (Å²) in [6.45, 7) is 2.07. The van der Waals surface area contributed by atoms with E-state index in [0.29, 0.717) is 0 Å². The molecule has 0 aliphatic rings. The minimum Gasteiger partial charge on any atom is -0.350 e. The SMILES string of the molecule is Cc1ccc(Sc2ccc(/C=N/NC(N)=O)cc2)cc1. The first kappa shape index (κ1) is 14.1. The molecule has 0 spiro atoms. The Morgan fingerprint density at radius 1 is 1.10 bits per heavy atom. The molecular weight excluding hydrogens is 270 g/mol. The second-order valence-corrected chi connectivity index (χ2v) is 5.37. The van der Waals surface area contributed by atoms with Crippen molar-refractivity contribution in [1.82, 2.24) is 5.43 Å². The van der Waals surface area contributed by atoms with Crippen LogP contribution in [-0.2, 0) is 0 Å². The standard InChI is InChI=1S/C15H15N3OS/c1-11-2-6-13(7-3-11)20-14-8-4-12(5-9-14)10-17-18-15(16)19/h2-10H,1H3,(H3,16,18,19)/b17-10+. The van der Waals surface area contributed by atoms with Gasteiger partial charge in [0.2, 0.25) is 0 Å². The van der Waals surface area contributed by atoms with E-state index < -0.39 is 6.03 Å². The highest BCUT2D eigenvalue weighted by atomic mass is 32.2. The molecule has 0 saturated carbocycles. The molecule has 0 atom stereocenters. The van der Waals surface area contributed by atoms with E-state index in [-0.39, 0.29) is 0 Å². The van der Waals surface area contributed by atoms with Crippen molar-refractivity contribution in [2.75, 3.05) is 0 Å². The third-order valence-electron chi connectivity index (χ3n) is 2.53. The topological polar surface area (TPSA) is 67.5 Å². The summed E-state index contributed by atoms with van der Waals surface area (Å²) in [7, 11) is 0. The molecule has 20 heavy (non-hydrogen) atoms. The van der Waals surface area contributed by atoms with Crippen molar-refractivity contribution in [2.45, 2.75) is 16.7 Å². The number of nitrogens with zero attached hydrogens (tertiary/aromatic N) is 1. The smallest absolute Gasteiger partial charge is 0.332 e. The van der Waals surface area contributed by atoms with Crippen molar-refractivity contribution in [3.8, 4) is 0 Å². The molecule has 0 aliphatic carbocycles. The maximum absolute atomic E-state index is 10.5. The number of hydrazone groups is 1. The Hall–Kier alpha value is -2.27. The van der Waals surface area contributed by atoms with E-state index in [9.17, 15) is 4.79 Å². The van der Waals surface area contributed by atoms with Crippen LogP contribution in [0.3, 0.4) is 0 Å². The van der Waals surface area contributed by atoms with Crippen LogP contribution in [0.2, 0.25) is 0 Å². The van der Waals surface area contributed by atoms with E-state index in [1.54, 1.807) is 18.0 Å². The molecule has 2 aromatic rings. The van der Waals surface area contributed by atoms with Crippen LogP contribution in [-0.4, -0.2) is 12.2 Å². The van der Waals surface area contributed by atoms with Gasteiger partial charge in [0.1, 0.15) is 0 Å². The summed E-state index contributed by atoms with van der Waals surface area (Å²) in [6.07, 6.45) is 1.55. The number of aryl methyl sites for hydroxylation is 1. The highest BCUT2D eigenvalue weighted by molar-refractivity contribution is 7.99. The van der Waals surface area contributed by atoms with Gasteiger partial charge in [0.25, 0.3) is 0 Å². The number of urea groups is 1. The van der Waals surface area contributed by atoms with Crippen molar-refractivity contribution in [1.29, 1.82) is 0 Å². The zero-order valence-corrected chi connectivity index (χ0v) is 11.9. The molecule has 0 bridgehead atoms. The Morgan fingerprint density at radius 2 is 1.65 bits per heavy atom. The Kier molecular flexibility index (Phi) is 4.79. The molecule has 0 aromatic heterocycles. The highest BCUT2D eigenvalue weighted by Crippen LogP contribution is 2.27. The molecule has 3 N–H and O–H groups in total. The van der Waals surface area contributed by atoms with Gasteiger partial charge in [0, 0.05) is 9.79 Å². The second-order valence-electron chi connectivity index (χ2n) is 4.22. The monoisotopic (exact) mass is 285 g/mol. The molecule has 0 heterocycles. The Morgan fingerprint density at radius 3 is 2.20 bits per heavy atom. The zero-order valence-electron chi connectivity index (χ0n) is 11.0. The number of hydrogen-bond donors (Lipinski definition) is 2. The van der Waals surface area contributed by atoms with Gasteiger partial charge in [-0.25, -0.2) is 10.2 Å². The predicted molar refractivity (Wildman–Crippen MR) is 82.1 cm³/mol. The molecule has 2 aromatic carbocycles. The van der Waals surface area contributed by atoms with Gasteiger partial charge < -0.3 is 5.73 Å². The summed E-state index contributed by atoms with van der Waals surface area (Å²) in [6, 6.07) is 15.6. The van der Waals surface area contributed by atoms with Crippen LogP contribution in [0.15, 0.2) is 63.4 Å². The van der Waals surface area contributed by atoms with Gasteiger partial charge >= 0.3 is 6.03 Å². The number of rotatable bonds is 4. The summed E-state index contributed by atoms with van der Waals surface area (Å²) < 4.78 is 0. The minimum atomic E-state index is -0.673. The normalized spacial score (nSPS) is 10.7. The lowest BCUT2D eigenvalue weighted by molar-refractivity contribution is 0.249. The fourth-order valence-electron chi connectivity index (χ4n) is 1.53. The van der Waals surface area contributed by atoms with Crippen LogP contribution < -0.4 is 11.2 Å². The number of benzene rings is 2. The first-order chi connectivity index (χ1) is 9.63. The molecule has 4 nitrogen and oxygen atoms in total. The lowest BCUT2D eigenvalue weighted by atomic mass is 10.2. The number of primary amides is 1. The lowest BCUT2D eigenvalue weighted by Gasteiger charge is -2.02. The molecule has 5 heteroatoms. The minimum absolute atomic E-state index is 0.673. The number of nitrogens with two attached hydrogens (primary N) is 1. The second kappa shape index (κ2) is 6.77. The number of carbonyl (C=O) groups is 1. The van der Waals surface area contributed by atoms with Crippen LogP contribution in [0.1, 0.15) is 11.1 Å². The summed E-state index contributed by atoms with van der Waals surface area (Å²) >= 11 is 1.70. The van der Waals surface area contributed by atoms with Crippen LogP contribution in [0.25, 0.3) is 0 Å². The van der Waals surface area contributed by atoms with Crippen molar-refractivity contribution in [3.05, 3.63) is 59.7 Å². The fraction of sp³-hybridized carbons (Fsp3) is 0.0667. The Balaban J connectivity index is 1.99. The van der Waals surface area contributed by atoms with Crippen LogP contribution in [0.4, 0.5) is 4.79 Å². The molecular formula is C15H15N3OS. The van der Waals surface area contributed by atoms with E-state index in [1.807, 2.05) is 24.3 Å². The van der Waals surface area contributed by atoms with Crippen LogP contribution >= 0.6 is 11.8 Å². The first-order valence-electron chi connectivity index (χ1n) is 6.06. The van der Waals surface area contributed by atoms with Gasteiger partial charge in [-0.2, -0.15) is 5.10 Å². The summed E-state index contributed by atoms with van der Waals surface area (Å²) in [5.74, 6) is 0. The van der Waals surface area contributed by atoms with Gasteiger partial charge in [-0.15, -0.1) is 0 Å². The quantitative estimate of drug-likeness (QED) is 0.669. The van der Waals surface area contributed by atoms with Crippen molar-refractivity contribution >= 4 is 24.0 Å². The molecule has 0 radical (unpaired) electrons. The van der Waals surface area contributed by atoms with E-state index in [4.69, 9.17) is 5.73 Å². The summed E-state index contributed by atoms with van der Waals surface area (Å²) in [5.41, 5.74) is 9.21. The number of amides is 2. The van der Waals surface area contributed by atoms with Crippen LogP contribution in [0.5, 0.6) is 0 Å². The maximum atomic E-state index is 10.5. The van der Waals surface area contributed by atoms with Gasteiger partial charge in [-0.3, -0.25) is 0 Å². The van der Waals surface area contributed by atoms with Gasteiger partial charge in [-0.1, -0.05) is 41.6 Å². The summed E-state index contributed by atoms with van der Waals surface area (Å²) in [5, 5.41) is 3.71. The summed E-state index contributed by atoms with van der Waals surface area (Å²) in [4.78, 5) is 12.8. The van der Waals surface area contributed by atoms with Gasteiger partial charge in [0.05, 0.1) is 6.21 Å². The maximum Gasteiger partial charge on any atom is 0.332 e. The largest absolute Gasteiger partial charge is 0.350 e.